The number of rotatable bonds is 7. The second-order valence-corrected chi connectivity index (χ2v) is 9.93. The predicted molar refractivity (Wildman–Crippen MR) is 129 cm³/mol. The molecule has 2 aromatic rings. The second kappa shape index (κ2) is 10.9. The number of thiophene rings is 1. The standard InChI is InChI=1S/C25H32N4O2S/c1-26-16-21-20-11-13-29(24(31)14-19-8-5-12-27-15-19)17-22(20)32-25(21)28-23(30)10-9-18-6-3-2-4-7-18/h5,8,12,15-16,18H,2-4,6-7,9-11,13-14,17H2,1H3,(H,28,30). The molecule has 0 aromatic carbocycles. The molecular weight excluding hydrogens is 420 g/mol. The van der Waals surface area contributed by atoms with Crippen molar-refractivity contribution in [3.05, 3.63) is 46.1 Å². The number of aliphatic imine (C=N–C) groups is 1. The Bertz CT molecular complexity index is 964. The Morgan fingerprint density at radius 2 is 2.16 bits per heavy atom. The summed E-state index contributed by atoms with van der Waals surface area (Å²) in [4.78, 5) is 36.9. The van der Waals surface area contributed by atoms with Crippen LogP contribution in [0.3, 0.4) is 0 Å². The highest BCUT2D eigenvalue weighted by atomic mass is 32.1. The summed E-state index contributed by atoms with van der Waals surface area (Å²) in [5.74, 6) is 0.896. The normalized spacial score (nSPS) is 16.8. The second-order valence-electron chi connectivity index (χ2n) is 8.83. The smallest absolute Gasteiger partial charge is 0.227 e. The van der Waals surface area contributed by atoms with E-state index in [-0.39, 0.29) is 11.8 Å². The Hall–Kier alpha value is -2.54. The zero-order valence-electron chi connectivity index (χ0n) is 18.8. The van der Waals surface area contributed by atoms with Crippen LogP contribution in [0.5, 0.6) is 0 Å². The molecule has 4 rings (SSSR count). The number of hydrogen-bond donors (Lipinski definition) is 1. The first-order valence-electron chi connectivity index (χ1n) is 11.7. The van der Waals surface area contributed by atoms with Gasteiger partial charge in [-0.25, -0.2) is 0 Å². The van der Waals surface area contributed by atoms with Crippen LogP contribution in [0.2, 0.25) is 0 Å². The van der Waals surface area contributed by atoms with Crippen molar-refractivity contribution in [2.45, 2.75) is 64.3 Å². The van der Waals surface area contributed by atoms with E-state index in [0.717, 1.165) is 33.8 Å². The van der Waals surface area contributed by atoms with E-state index < -0.39 is 0 Å². The van der Waals surface area contributed by atoms with Crippen molar-refractivity contribution in [3.8, 4) is 0 Å². The maximum atomic E-state index is 12.8. The van der Waals surface area contributed by atoms with Crippen LogP contribution in [0, 0.1) is 5.92 Å². The predicted octanol–water partition coefficient (Wildman–Crippen LogP) is 4.62. The third-order valence-electron chi connectivity index (χ3n) is 6.54. The third-order valence-corrected chi connectivity index (χ3v) is 7.69. The maximum Gasteiger partial charge on any atom is 0.227 e. The van der Waals surface area contributed by atoms with Crippen LogP contribution in [0.1, 0.15) is 66.5 Å². The number of amides is 2. The van der Waals surface area contributed by atoms with Crippen LogP contribution < -0.4 is 5.32 Å². The fourth-order valence-electron chi connectivity index (χ4n) is 4.79. The van der Waals surface area contributed by atoms with Crippen molar-refractivity contribution < 1.29 is 9.59 Å². The van der Waals surface area contributed by atoms with E-state index in [0.29, 0.717) is 31.8 Å². The van der Waals surface area contributed by atoms with Gasteiger partial charge < -0.3 is 10.2 Å². The van der Waals surface area contributed by atoms with Crippen molar-refractivity contribution in [1.82, 2.24) is 9.88 Å². The monoisotopic (exact) mass is 452 g/mol. The number of aromatic nitrogens is 1. The lowest BCUT2D eigenvalue weighted by atomic mass is 9.86. The average molecular weight is 453 g/mol. The first-order chi connectivity index (χ1) is 15.6. The Labute approximate surface area is 194 Å². The number of nitrogens with one attached hydrogen (secondary N) is 1. The van der Waals surface area contributed by atoms with Gasteiger partial charge in [0.2, 0.25) is 11.8 Å². The zero-order valence-corrected chi connectivity index (χ0v) is 19.6. The van der Waals surface area contributed by atoms with Crippen molar-refractivity contribution in [2.75, 3.05) is 18.9 Å². The lowest BCUT2D eigenvalue weighted by Gasteiger charge is -2.27. The molecule has 3 heterocycles. The van der Waals surface area contributed by atoms with Gasteiger partial charge in [-0.1, -0.05) is 38.2 Å². The first-order valence-corrected chi connectivity index (χ1v) is 12.5. The summed E-state index contributed by atoms with van der Waals surface area (Å²) in [6, 6.07) is 3.79. The van der Waals surface area contributed by atoms with E-state index in [9.17, 15) is 9.59 Å². The molecule has 6 nitrogen and oxygen atoms in total. The molecule has 32 heavy (non-hydrogen) atoms. The minimum absolute atomic E-state index is 0.0874. The van der Waals surface area contributed by atoms with Crippen LogP contribution in [-0.2, 0) is 29.0 Å². The summed E-state index contributed by atoms with van der Waals surface area (Å²) < 4.78 is 0. The largest absolute Gasteiger partial charge is 0.337 e. The summed E-state index contributed by atoms with van der Waals surface area (Å²) >= 11 is 1.59. The number of carbonyl (C=O) groups is 2. The van der Waals surface area contributed by atoms with Gasteiger partial charge in [0, 0.05) is 49.1 Å². The molecule has 0 atom stereocenters. The molecule has 2 amide bonds. The molecule has 1 fully saturated rings. The van der Waals surface area contributed by atoms with Crippen LogP contribution in [0.25, 0.3) is 0 Å². The van der Waals surface area contributed by atoms with E-state index in [2.05, 4.69) is 15.3 Å². The molecule has 0 unspecified atom stereocenters. The molecule has 1 aliphatic carbocycles. The Morgan fingerprint density at radius 1 is 1.31 bits per heavy atom. The van der Waals surface area contributed by atoms with E-state index in [1.165, 1.54) is 37.7 Å². The molecule has 170 valence electrons. The summed E-state index contributed by atoms with van der Waals surface area (Å²) in [7, 11) is 1.76. The summed E-state index contributed by atoms with van der Waals surface area (Å²) in [6.07, 6.45) is 14.5. The van der Waals surface area contributed by atoms with Crippen molar-refractivity contribution in [2.24, 2.45) is 10.9 Å². The SMILES string of the molecule is CN=Cc1c(NC(=O)CCC2CCCCC2)sc2c1CCN(C(=O)Cc1cccnc1)C2. The molecule has 1 saturated carbocycles. The molecule has 1 aliphatic heterocycles. The minimum atomic E-state index is 0.0874. The van der Waals surface area contributed by atoms with Crippen molar-refractivity contribution in [3.63, 3.8) is 0 Å². The van der Waals surface area contributed by atoms with E-state index >= 15 is 0 Å². The quantitative estimate of drug-likeness (QED) is 0.623. The van der Waals surface area contributed by atoms with E-state index in [1.807, 2.05) is 23.2 Å². The summed E-state index contributed by atoms with van der Waals surface area (Å²) in [5.41, 5.74) is 3.16. The minimum Gasteiger partial charge on any atom is -0.337 e. The number of hydrogen-bond acceptors (Lipinski definition) is 5. The van der Waals surface area contributed by atoms with Crippen molar-refractivity contribution >= 4 is 34.4 Å². The average Bonchev–Trinajstić information content (AvgIpc) is 3.15. The van der Waals surface area contributed by atoms with E-state index in [4.69, 9.17) is 0 Å². The Kier molecular flexibility index (Phi) is 7.68. The fourth-order valence-corrected chi connectivity index (χ4v) is 6.04. The first kappa shape index (κ1) is 22.6. The molecule has 0 spiro atoms. The number of nitrogens with zero attached hydrogens (tertiary/aromatic N) is 3. The van der Waals surface area contributed by atoms with Crippen LogP contribution in [-0.4, -0.2) is 41.5 Å². The highest BCUT2D eigenvalue weighted by Gasteiger charge is 2.27. The molecule has 2 aliphatic rings. The number of carbonyl (C=O) groups excluding carboxylic acids is 2. The van der Waals surface area contributed by atoms with Gasteiger partial charge in [0.25, 0.3) is 0 Å². The zero-order chi connectivity index (χ0) is 22.3. The van der Waals surface area contributed by atoms with Gasteiger partial charge in [-0.15, -0.1) is 11.3 Å². The molecule has 0 bridgehead atoms. The third kappa shape index (κ3) is 5.63. The number of pyridine rings is 1. The number of anilines is 1. The van der Waals surface area contributed by atoms with E-state index in [1.54, 1.807) is 30.8 Å². The molecule has 0 saturated heterocycles. The molecule has 2 aromatic heterocycles. The maximum absolute atomic E-state index is 12.8. The Morgan fingerprint density at radius 3 is 2.91 bits per heavy atom. The van der Waals surface area contributed by atoms with Crippen LogP contribution in [0.4, 0.5) is 5.00 Å². The Balaban J connectivity index is 1.40. The van der Waals surface area contributed by atoms with Gasteiger partial charge in [-0.3, -0.25) is 19.6 Å². The topological polar surface area (TPSA) is 74.7 Å². The van der Waals surface area contributed by atoms with Crippen molar-refractivity contribution in [1.29, 1.82) is 0 Å². The highest BCUT2D eigenvalue weighted by Crippen LogP contribution is 2.37. The summed E-state index contributed by atoms with van der Waals surface area (Å²) in [6.45, 7) is 1.27. The molecule has 0 radical (unpaired) electrons. The van der Waals surface area contributed by atoms with Gasteiger partial charge >= 0.3 is 0 Å². The van der Waals surface area contributed by atoms with Crippen LogP contribution >= 0.6 is 11.3 Å². The lowest BCUT2D eigenvalue weighted by molar-refractivity contribution is -0.131. The van der Waals surface area contributed by atoms with Gasteiger partial charge in [0.15, 0.2) is 0 Å². The van der Waals surface area contributed by atoms with Gasteiger partial charge in [-0.2, -0.15) is 0 Å². The molecular formula is C25H32N4O2S. The van der Waals surface area contributed by atoms with Gasteiger partial charge in [0.05, 0.1) is 13.0 Å². The van der Waals surface area contributed by atoms with Gasteiger partial charge in [-0.05, 0) is 36.0 Å². The summed E-state index contributed by atoms with van der Waals surface area (Å²) in [5, 5.41) is 4.02. The lowest BCUT2D eigenvalue weighted by Crippen LogP contribution is -2.36. The fraction of sp³-hybridized carbons (Fsp3) is 0.520. The molecule has 7 heteroatoms. The highest BCUT2D eigenvalue weighted by molar-refractivity contribution is 7.16. The van der Waals surface area contributed by atoms with Crippen LogP contribution in [0.15, 0.2) is 29.5 Å². The molecule has 1 N–H and O–H groups in total. The van der Waals surface area contributed by atoms with Gasteiger partial charge in [0.1, 0.15) is 5.00 Å². The number of fused-ring (bicyclic) bond motifs is 1.